The van der Waals surface area contributed by atoms with Crippen LogP contribution in [0.25, 0.3) is 0 Å². The molecule has 2 rings (SSSR count). The van der Waals surface area contributed by atoms with Gasteiger partial charge in [0.05, 0.1) is 11.9 Å². The summed E-state index contributed by atoms with van der Waals surface area (Å²) >= 11 is 0. The topological polar surface area (TPSA) is 92.2 Å². The highest BCUT2D eigenvalue weighted by Gasteiger charge is 2.45. The summed E-state index contributed by atoms with van der Waals surface area (Å²) in [6.45, 7) is 1.76. The molecule has 0 bridgehead atoms. The van der Waals surface area contributed by atoms with Crippen LogP contribution in [0.5, 0.6) is 0 Å². The molecule has 6 heteroatoms. The third kappa shape index (κ3) is 2.11. The van der Waals surface area contributed by atoms with Crippen molar-refractivity contribution in [2.45, 2.75) is 31.7 Å². The minimum atomic E-state index is -1.11. The van der Waals surface area contributed by atoms with Gasteiger partial charge in [-0.15, -0.1) is 0 Å². The SMILES string of the molecule is Cc1cnc(C(=O)NC2(C(=O)O)CCC2)cn1. The number of rotatable bonds is 3. The van der Waals surface area contributed by atoms with Crippen molar-refractivity contribution in [2.24, 2.45) is 0 Å². The van der Waals surface area contributed by atoms with Crippen LogP contribution in [0.3, 0.4) is 0 Å². The maximum absolute atomic E-state index is 11.8. The first-order valence-electron chi connectivity index (χ1n) is 5.38. The molecule has 1 aliphatic carbocycles. The summed E-state index contributed by atoms with van der Waals surface area (Å²) in [4.78, 5) is 30.7. The monoisotopic (exact) mass is 235 g/mol. The van der Waals surface area contributed by atoms with Crippen molar-refractivity contribution in [3.63, 3.8) is 0 Å². The fourth-order valence-electron chi connectivity index (χ4n) is 1.71. The summed E-state index contributed by atoms with van der Waals surface area (Å²) in [5, 5.41) is 11.6. The zero-order chi connectivity index (χ0) is 12.5. The van der Waals surface area contributed by atoms with E-state index in [0.29, 0.717) is 18.5 Å². The highest BCUT2D eigenvalue weighted by molar-refractivity contribution is 5.96. The highest BCUT2D eigenvalue weighted by Crippen LogP contribution is 2.32. The van der Waals surface area contributed by atoms with Gasteiger partial charge in [-0.3, -0.25) is 9.78 Å². The van der Waals surface area contributed by atoms with Crippen molar-refractivity contribution in [2.75, 3.05) is 0 Å². The number of hydrogen-bond acceptors (Lipinski definition) is 4. The summed E-state index contributed by atoms with van der Waals surface area (Å²) in [6, 6.07) is 0. The number of carboxylic acids is 1. The van der Waals surface area contributed by atoms with Gasteiger partial charge in [-0.05, 0) is 26.2 Å². The largest absolute Gasteiger partial charge is 0.480 e. The minimum Gasteiger partial charge on any atom is -0.480 e. The molecule has 0 aliphatic heterocycles. The maximum atomic E-state index is 11.8. The van der Waals surface area contributed by atoms with E-state index in [0.717, 1.165) is 6.42 Å². The molecule has 1 aliphatic rings. The first-order chi connectivity index (χ1) is 8.03. The quantitative estimate of drug-likeness (QED) is 0.796. The molecular weight excluding hydrogens is 222 g/mol. The molecule has 1 saturated carbocycles. The van der Waals surface area contributed by atoms with Gasteiger partial charge in [-0.25, -0.2) is 9.78 Å². The number of amides is 1. The molecule has 6 nitrogen and oxygen atoms in total. The van der Waals surface area contributed by atoms with Crippen molar-refractivity contribution in [1.82, 2.24) is 15.3 Å². The first kappa shape index (κ1) is 11.5. The number of aliphatic carboxylic acids is 1. The average molecular weight is 235 g/mol. The van der Waals surface area contributed by atoms with Crippen LogP contribution in [0.15, 0.2) is 12.4 Å². The number of aryl methyl sites for hydroxylation is 1. The van der Waals surface area contributed by atoms with Gasteiger partial charge < -0.3 is 10.4 Å². The molecule has 1 fully saturated rings. The molecule has 17 heavy (non-hydrogen) atoms. The number of carboxylic acid groups (broad SMARTS) is 1. The van der Waals surface area contributed by atoms with E-state index in [1.807, 2.05) is 0 Å². The number of carbonyl (C=O) groups is 2. The van der Waals surface area contributed by atoms with Crippen LogP contribution in [0.2, 0.25) is 0 Å². The van der Waals surface area contributed by atoms with Crippen molar-refractivity contribution in [3.8, 4) is 0 Å². The van der Waals surface area contributed by atoms with E-state index in [1.54, 1.807) is 6.92 Å². The number of nitrogens with zero attached hydrogens (tertiary/aromatic N) is 2. The Balaban J connectivity index is 2.11. The Hall–Kier alpha value is -1.98. The van der Waals surface area contributed by atoms with Gasteiger partial charge in [-0.1, -0.05) is 0 Å². The van der Waals surface area contributed by atoms with E-state index in [2.05, 4.69) is 15.3 Å². The molecule has 90 valence electrons. The molecule has 0 unspecified atom stereocenters. The van der Waals surface area contributed by atoms with Gasteiger partial charge in [0.25, 0.3) is 5.91 Å². The summed E-state index contributed by atoms with van der Waals surface area (Å²) in [7, 11) is 0. The maximum Gasteiger partial charge on any atom is 0.329 e. The Labute approximate surface area is 98.1 Å². The van der Waals surface area contributed by atoms with E-state index in [-0.39, 0.29) is 5.69 Å². The van der Waals surface area contributed by atoms with Gasteiger partial charge in [0.1, 0.15) is 11.2 Å². The Morgan fingerprint density at radius 1 is 1.35 bits per heavy atom. The van der Waals surface area contributed by atoms with E-state index < -0.39 is 17.4 Å². The van der Waals surface area contributed by atoms with Gasteiger partial charge in [0, 0.05) is 6.20 Å². The zero-order valence-electron chi connectivity index (χ0n) is 9.43. The molecule has 2 N–H and O–H groups in total. The van der Waals surface area contributed by atoms with Gasteiger partial charge >= 0.3 is 5.97 Å². The summed E-state index contributed by atoms with van der Waals surface area (Å²) < 4.78 is 0. The summed E-state index contributed by atoms with van der Waals surface area (Å²) in [5.74, 6) is -1.48. The van der Waals surface area contributed by atoms with Crippen molar-refractivity contribution in [3.05, 3.63) is 23.8 Å². The Bertz CT molecular complexity index is 452. The molecule has 0 atom stereocenters. The molecule has 1 aromatic rings. The average Bonchev–Trinajstić information content (AvgIpc) is 2.23. The predicted octanol–water partition coefficient (Wildman–Crippen LogP) is 0.522. The van der Waals surface area contributed by atoms with Crippen LogP contribution >= 0.6 is 0 Å². The van der Waals surface area contributed by atoms with Gasteiger partial charge in [0.15, 0.2) is 0 Å². The molecule has 1 amide bonds. The minimum absolute atomic E-state index is 0.142. The molecule has 1 aromatic heterocycles. The highest BCUT2D eigenvalue weighted by atomic mass is 16.4. The fourth-order valence-corrected chi connectivity index (χ4v) is 1.71. The van der Waals surface area contributed by atoms with Crippen molar-refractivity contribution < 1.29 is 14.7 Å². The third-order valence-electron chi connectivity index (χ3n) is 2.98. The summed E-state index contributed by atoms with van der Waals surface area (Å²) in [6.07, 6.45) is 4.56. The molecular formula is C11H13N3O3. The standard InChI is InChI=1S/C11H13N3O3/c1-7-5-13-8(6-12-7)9(15)14-11(10(16)17)3-2-4-11/h5-6H,2-4H2,1H3,(H,14,15)(H,16,17). The van der Waals surface area contributed by atoms with Gasteiger partial charge in [0.2, 0.25) is 0 Å². The molecule has 0 radical (unpaired) electrons. The van der Waals surface area contributed by atoms with E-state index >= 15 is 0 Å². The second kappa shape index (κ2) is 4.12. The predicted molar refractivity (Wildman–Crippen MR) is 58.5 cm³/mol. The molecule has 0 spiro atoms. The Morgan fingerprint density at radius 3 is 2.47 bits per heavy atom. The number of aromatic nitrogens is 2. The van der Waals surface area contributed by atoms with E-state index in [1.165, 1.54) is 12.4 Å². The molecule has 0 saturated heterocycles. The summed E-state index contributed by atoms with van der Waals surface area (Å²) in [5.41, 5.74) is -0.259. The number of hydrogen-bond donors (Lipinski definition) is 2. The Kier molecular flexibility index (Phi) is 2.79. The molecule has 0 aromatic carbocycles. The van der Waals surface area contributed by atoms with Crippen LogP contribution in [-0.2, 0) is 4.79 Å². The first-order valence-corrected chi connectivity index (χ1v) is 5.38. The van der Waals surface area contributed by atoms with Crippen molar-refractivity contribution in [1.29, 1.82) is 0 Å². The second-order valence-electron chi connectivity index (χ2n) is 4.24. The van der Waals surface area contributed by atoms with Crippen molar-refractivity contribution >= 4 is 11.9 Å². The van der Waals surface area contributed by atoms with Crippen LogP contribution in [0.1, 0.15) is 35.4 Å². The third-order valence-corrected chi connectivity index (χ3v) is 2.98. The lowest BCUT2D eigenvalue weighted by molar-refractivity contribution is -0.148. The lowest BCUT2D eigenvalue weighted by Gasteiger charge is -2.38. The van der Waals surface area contributed by atoms with Gasteiger partial charge in [-0.2, -0.15) is 0 Å². The van der Waals surface area contributed by atoms with Crippen LogP contribution in [0.4, 0.5) is 0 Å². The van der Waals surface area contributed by atoms with E-state index in [4.69, 9.17) is 5.11 Å². The normalized spacial score (nSPS) is 17.0. The van der Waals surface area contributed by atoms with E-state index in [9.17, 15) is 9.59 Å². The van der Waals surface area contributed by atoms with Crippen LogP contribution in [-0.4, -0.2) is 32.5 Å². The lowest BCUT2D eigenvalue weighted by Crippen LogP contribution is -2.59. The second-order valence-corrected chi connectivity index (χ2v) is 4.24. The smallest absolute Gasteiger partial charge is 0.329 e. The van der Waals surface area contributed by atoms with Crippen LogP contribution in [0, 0.1) is 6.92 Å². The molecule has 1 heterocycles. The zero-order valence-corrected chi connectivity index (χ0v) is 9.43. The fraction of sp³-hybridized carbons (Fsp3) is 0.455. The number of carbonyl (C=O) groups excluding carboxylic acids is 1. The number of nitrogens with one attached hydrogen (secondary N) is 1. The Morgan fingerprint density at radius 2 is 2.06 bits per heavy atom. The van der Waals surface area contributed by atoms with Crippen LogP contribution < -0.4 is 5.32 Å². The lowest BCUT2D eigenvalue weighted by atomic mass is 9.76.